The van der Waals surface area contributed by atoms with Crippen LogP contribution in [-0.2, 0) is 0 Å². The lowest BCUT2D eigenvalue weighted by molar-refractivity contribution is 0.268. The van der Waals surface area contributed by atoms with Gasteiger partial charge in [-0.25, -0.2) is 9.35 Å². The van der Waals surface area contributed by atoms with Crippen molar-refractivity contribution in [1.29, 1.82) is 0 Å². The highest BCUT2D eigenvalue weighted by atomic mass is 31.2. The summed E-state index contributed by atoms with van der Waals surface area (Å²) in [5.41, 5.74) is 2.19. The molecule has 1 aromatic heterocycles. The predicted octanol–water partition coefficient (Wildman–Crippen LogP) is 3.44. The summed E-state index contributed by atoms with van der Waals surface area (Å²) in [7, 11) is -0.352. The van der Waals surface area contributed by atoms with Crippen molar-refractivity contribution in [3.63, 3.8) is 0 Å². The number of hydrogen-bond acceptors (Lipinski definition) is 5. The Labute approximate surface area is 150 Å². The minimum atomic E-state index is -0.352. The summed E-state index contributed by atoms with van der Waals surface area (Å²) in [6, 6.07) is 8.39. The average molecular weight is 358 g/mol. The van der Waals surface area contributed by atoms with Crippen LogP contribution in [0.15, 0.2) is 24.3 Å². The molecule has 0 spiro atoms. The van der Waals surface area contributed by atoms with Crippen molar-refractivity contribution in [1.82, 2.24) is 29.0 Å². The van der Waals surface area contributed by atoms with Crippen molar-refractivity contribution in [3.05, 3.63) is 24.3 Å². The molecule has 25 heavy (non-hydrogen) atoms. The third-order valence-corrected chi connectivity index (χ3v) is 8.49. The van der Waals surface area contributed by atoms with E-state index in [4.69, 9.17) is 0 Å². The van der Waals surface area contributed by atoms with E-state index in [2.05, 4.69) is 53.3 Å². The predicted molar refractivity (Wildman–Crippen MR) is 101 cm³/mol. The number of para-hydroxylation sites is 1. The van der Waals surface area contributed by atoms with Gasteiger partial charge < -0.3 is 0 Å². The average Bonchev–Trinajstić information content (AvgIpc) is 3.43. The largest absolute Gasteiger partial charge is 0.257 e. The van der Waals surface area contributed by atoms with Gasteiger partial charge in [0.2, 0.25) is 0 Å². The molecule has 0 N–H and O–H groups in total. The molecule has 6 nitrogen and oxygen atoms in total. The second-order valence-electron chi connectivity index (χ2n) is 7.40. The minimum Gasteiger partial charge on any atom is -0.257 e. The van der Waals surface area contributed by atoms with Crippen LogP contribution in [0.3, 0.4) is 0 Å². The van der Waals surface area contributed by atoms with Crippen LogP contribution in [0, 0.1) is 0 Å². The lowest BCUT2D eigenvalue weighted by atomic mass is 10.3. The monoisotopic (exact) mass is 358 g/mol. The van der Waals surface area contributed by atoms with Gasteiger partial charge in [-0.1, -0.05) is 17.3 Å². The van der Waals surface area contributed by atoms with Gasteiger partial charge in [0.15, 0.2) is 0 Å². The van der Waals surface area contributed by atoms with Gasteiger partial charge in [0.05, 0.1) is 5.52 Å². The lowest BCUT2D eigenvalue weighted by Crippen LogP contribution is -2.37. The van der Waals surface area contributed by atoms with Gasteiger partial charge in [0.25, 0.3) is 0 Å². The van der Waals surface area contributed by atoms with Gasteiger partial charge in [-0.3, -0.25) is 9.34 Å². The zero-order valence-electron chi connectivity index (χ0n) is 14.8. The molecule has 3 aliphatic rings. The van der Waals surface area contributed by atoms with Gasteiger partial charge in [-0.2, -0.15) is 0 Å². The van der Waals surface area contributed by atoms with Crippen molar-refractivity contribution in [2.45, 2.75) is 44.7 Å². The van der Waals surface area contributed by atoms with E-state index in [1.54, 1.807) is 0 Å². The topological polar surface area (TPSA) is 40.4 Å². The Balaban J connectivity index is 1.49. The molecule has 4 heterocycles. The van der Waals surface area contributed by atoms with E-state index in [1.807, 2.05) is 0 Å². The Morgan fingerprint density at radius 2 is 1.52 bits per heavy atom. The van der Waals surface area contributed by atoms with Crippen molar-refractivity contribution in [2.24, 2.45) is 0 Å². The standard InChI is InChI=1S/C18H27N6P/c1-2-9-17-16(8-1)19-20-24(17)18-10-7-15-23(18)25(21-11-3-4-12-21)22-13-5-6-14-22/h1-2,8-9,18H,3-7,10-15H2. The first-order valence-corrected chi connectivity index (χ1v) is 11.0. The zero-order chi connectivity index (χ0) is 16.6. The van der Waals surface area contributed by atoms with Gasteiger partial charge in [0.1, 0.15) is 20.1 Å². The second-order valence-corrected chi connectivity index (χ2v) is 9.58. The van der Waals surface area contributed by atoms with Crippen LogP contribution in [0.5, 0.6) is 0 Å². The maximum Gasteiger partial charge on any atom is 0.122 e. The molecule has 0 radical (unpaired) electrons. The first-order chi connectivity index (χ1) is 12.4. The summed E-state index contributed by atoms with van der Waals surface area (Å²) in [6.45, 7) is 6.26. The van der Waals surface area contributed by atoms with E-state index in [-0.39, 0.29) is 8.37 Å². The third-order valence-electron chi connectivity index (χ3n) is 5.75. The summed E-state index contributed by atoms with van der Waals surface area (Å²) in [5.74, 6) is 0. The van der Waals surface area contributed by atoms with E-state index in [9.17, 15) is 0 Å². The molecule has 7 heteroatoms. The van der Waals surface area contributed by atoms with Crippen LogP contribution < -0.4 is 0 Å². The Morgan fingerprint density at radius 1 is 0.840 bits per heavy atom. The van der Waals surface area contributed by atoms with Crippen LogP contribution in [0.2, 0.25) is 0 Å². The number of nitrogens with zero attached hydrogens (tertiary/aromatic N) is 6. The van der Waals surface area contributed by atoms with Crippen molar-refractivity contribution in [2.75, 3.05) is 32.7 Å². The van der Waals surface area contributed by atoms with E-state index < -0.39 is 0 Å². The lowest BCUT2D eigenvalue weighted by Gasteiger charge is -2.42. The van der Waals surface area contributed by atoms with Crippen LogP contribution in [0.4, 0.5) is 0 Å². The van der Waals surface area contributed by atoms with Gasteiger partial charge in [-0.05, 0) is 50.7 Å². The highest BCUT2D eigenvalue weighted by Crippen LogP contribution is 2.56. The summed E-state index contributed by atoms with van der Waals surface area (Å²) in [4.78, 5) is 0. The van der Waals surface area contributed by atoms with Crippen molar-refractivity contribution in [3.8, 4) is 0 Å². The number of aromatic nitrogens is 3. The van der Waals surface area contributed by atoms with Gasteiger partial charge in [-0.15, -0.1) is 5.10 Å². The van der Waals surface area contributed by atoms with Crippen LogP contribution in [0.1, 0.15) is 44.7 Å². The molecule has 1 atom stereocenters. The summed E-state index contributed by atoms with van der Waals surface area (Å²) < 4.78 is 10.5. The molecule has 134 valence electrons. The Morgan fingerprint density at radius 3 is 2.24 bits per heavy atom. The summed E-state index contributed by atoms with van der Waals surface area (Å²) >= 11 is 0. The Hall–Kier alpha value is -1.07. The molecule has 0 bridgehead atoms. The number of benzene rings is 1. The third kappa shape index (κ3) is 2.89. The maximum atomic E-state index is 4.56. The SMILES string of the molecule is c1ccc2c(c1)nnn2C1CCCN1P(N1CCCC1)N1CCCC1. The molecule has 5 rings (SSSR count). The Bertz CT molecular complexity index is 705. The molecule has 3 aliphatic heterocycles. The van der Waals surface area contributed by atoms with Gasteiger partial charge in [0, 0.05) is 32.7 Å². The van der Waals surface area contributed by atoms with E-state index >= 15 is 0 Å². The zero-order valence-corrected chi connectivity index (χ0v) is 15.7. The Kier molecular flexibility index (Phi) is 4.46. The minimum absolute atomic E-state index is 0.352. The summed E-state index contributed by atoms with van der Waals surface area (Å²) in [5, 5.41) is 8.98. The van der Waals surface area contributed by atoms with E-state index in [1.165, 1.54) is 76.8 Å². The van der Waals surface area contributed by atoms with Crippen molar-refractivity contribution >= 4 is 19.4 Å². The van der Waals surface area contributed by atoms with Crippen LogP contribution in [0.25, 0.3) is 11.0 Å². The van der Waals surface area contributed by atoms with Gasteiger partial charge >= 0.3 is 0 Å². The summed E-state index contributed by atoms with van der Waals surface area (Å²) in [6.07, 6.45) is 8.25. The highest BCUT2D eigenvalue weighted by Gasteiger charge is 2.41. The fourth-order valence-electron chi connectivity index (χ4n) is 4.56. The molecule has 1 aromatic carbocycles. The number of fused-ring (bicyclic) bond motifs is 1. The fourth-order valence-corrected chi connectivity index (χ4v) is 7.62. The van der Waals surface area contributed by atoms with E-state index in [0.717, 1.165) is 5.52 Å². The molecule has 0 aliphatic carbocycles. The molecule has 2 aromatic rings. The molecule has 0 amide bonds. The number of hydrogen-bond donors (Lipinski definition) is 0. The first kappa shape index (κ1) is 16.1. The molecule has 3 saturated heterocycles. The normalized spacial score (nSPS) is 26.5. The van der Waals surface area contributed by atoms with Crippen molar-refractivity contribution < 1.29 is 0 Å². The van der Waals surface area contributed by atoms with Crippen LogP contribution >= 0.6 is 8.37 Å². The number of rotatable bonds is 4. The first-order valence-electron chi connectivity index (χ1n) is 9.78. The molecular formula is C18H27N6P. The molecule has 1 unspecified atom stereocenters. The molecule has 0 saturated carbocycles. The highest BCUT2D eigenvalue weighted by molar-refractivity contribution is 7.50. The van der Waals surface area contributed by atoms with E-state index in [0.29, 0.717) is 6.17 Å². The maximum absolute atomic E-state index is 4.56. The fraction of sp³-hybridized carbons (Fsp3) is 0.667. The molecule has 3 fully saturated rings. The molecular weight excluding hydrogens is 331 g/mol. The smallest absolute Gasteiger partial charge is 0.122 e. The second kappa shape index (κ2) is 6.92. The van der Waals surface area contributed by atoms with Crippen LogP contribution in [-0.4, -0.2) is 61.7 Å². The quantitative estimate of drug-likeness (QED) is 0.783.